The number of rotatable bonds is 16. The molecule has 1 aromatic rings. The molecule has 0 saturated heterocycles. The van der Waals surface area contributed by atoms with Crippen LogP contribution in [-0.2, 0) is 13.0 Å². The molecule has 0 spiro atoms. The maximum absolute atomic E-state index is 3.37. The molecule has 2 nitrogen and oxygen atoms in total. The normalized spacial score (nSPS) is 11.2. The lowest BCUT2D eigenvalue weighted by Gasteiger charge is -2.03. The summed E-state index contributed by atoms with van der Waals surface area (Å²) in [5, 5.41) is 0. The molecule has 0 radical (unpaired) electrons. The van der Waals surface area contributed by atoms with Crippen molar-refractivity contribution < 1.29 is 4.57 Å². The molecule has 1 aromatic heterocycles. The molecular formula is C21H41N2+. The average molecular weight is 322 g/mol. The molecule has 0 amide bonds. The average Bonchev–Trinajstić information content (AvgIpc) is 3.02. The molecule has 0 unspecified atom stereocenters. The number of aromatic nitrogens is 2. The van der Waals surface area contributed by atoms with Crippen LogP contribution in [0, 0.1) is 0 Å². The fourth-order valence-corrected chi connectivity index (χ4v) is 3.40. The van der Waals surface area contributed by atoms with E-state index in [0.717, 1.165) is 6.54 Å². The predicted octanol–water partition coefficient (Wildman–Crippen LogP) is 6.35. The van der Waals surface area contributed by atoms with Gasteiger partial charge in [-0.3, -0.25) is 0 Å². The largest absolute Gasteiger partial charge is 0.254 e. The van der Waals surface area contributed by atoms with Crippen LogP contribution in [0.2, 0.25) is 0 Å². The van der Waals surface area contributed by atoms with Gasteiger partial charge in [-0.2, -0.15) is 0 Å². The van der Waals surface area contributed by atoms with E-state index in [4.69, 9.17) is 0 Å². The SMILES string of the molecule is CCCCCCCCCCCCCCCCc1[nH]cc[n+]1CC. The number of nitrogens with one attached hydrogen (secondary N) is 1. The third-order valence-electron chi connectivity index (χ3n) is 4.96. The molecule has 1 N–H and O–H groups in total. The predicted molar refractivity (Wildman–Crippen MR) is 101 cm³/mol. The third kappa shape index (κ3) is 10.6. The van der Waals surface area contributed by atoms with Crippen LogP contribution in [0.1, 0.15) is 110 Å². The highest BCUT2D eigenvalue weighted by Crippen LogP contribution is 2.13. The monoisotopic (exact) mass is 321 g/mol. The van der Waals surface area contributed by atoms with Crippen molar-refractivity contribution in [3.63, 3.8) is 0 Å². The molecule has 23 heavy (non-hydrogen) atoms. The minimum atomic E-state index is 1.08. The number of aromatic amines is 1. The number of unbranched alkanes of at least 4 members (excludes halogenated alkanes) is 13. The van der Waals surface area contributed by atoms with Gasteiger partial charge in [-0.05, 0) is 13.3 Å². The van der Waals surface area contributed by atoms with Gasteiger partial charge in [-0.15, -0.1) is 0 Å². The van der Waals surface area contributed by atoms with Crippen LogP contribution in [-0.4, -0.2) is 4.98 Å². The molecule has 0 fully saturated rings. The Kier molecular flexibility index (Phi) is 13.0. The van der Waals surface area contributed by atoms with Gasteiger partial charge in [0.2, 0.25) is 0 Å². The van der Waals surface area contributed by atoms with Gasteiger partial charge in [0.1, 0.15) is 12.4 Å². The zero-order chi connectivity index (χ0) is 16.6. The summed E-state index contributed by atoms with van der Waals surface area (Å²) in [5.74, 6) is 1.39. The van der Waals surface area contributed by atoms with Crippen molar-refractivity contribution in [2.24, 2.45) is 0 Å². The molecule has 0 saturated carbocycles. The van der Waals surface area contributed by atoms with E-state index >= 15 is 0 Å². The van der Waals surface area contributed by atoms with E-state index in [0.29, 0.717) is 0 Å². The highest BCUT2D eigenvalue weighted by Gasteiger charge is 2.07. The summed E-state index contributed by atoms with van der Waals surface area (Å²) in [7, 11) is 0. The summed E-state index contributed by atoms with van der Waals surface area (Å²) >= 11 is 0. The third-order valence-corrected chi connectivity index (χ3v) is 4.96. The number of aryl methyl sites for hydroxylation is 2. The molecule has 0 aliphatic rings. The molecule has 134 valence electrons. The quantitative estimate of drug-likeness (QED) is 0.270. The summed E-state index contributed by atoms with van der Waals surface area (Å²) in [4.78, 5) is 3.37. The number of hydrogen-bond acceptors (Lipinski definition) is 0. The van der Waals surface area contributed by atoms with E-state index in [1.54, 1.807) is 0 Å². The minimum Gasteiger partial charge on any atom is -0.248 e. The number of hydrogen-bond donors (Lipinski definition) is 1. The van der Waals surface area contributed by atoms with Crippen LogP contribution in [0.3, 0.4) is 0 Å². The first-order valence-corrected chi connectivity index (χ1v) is 10.4. The van der Waals surface area contributed by atoms with E-state index in [1.165, 1.54) is 102 Å². The van der Waals surface area contributed by atoms with Crippen molar-refractivity contribution in [2.75, 3.05) is 0 Å². The second-order valence-corrected chi connectivity index (χ2v) is 7.04. The van der Waals surface area contributed by atoms with Gasteiger partial charge in [0.05, 0.1) is 6.54 Å². The Morgan fingerprint density at radius 3 is 1.65 bits per heavy atom. The molecule has 1 rings (SSSR count). The Hall–Kier alpha value is -0.790. The minimum absolute atomic E-state index is 1.08. The van der Waals surface area contributed by atoms with Crippen molar-refractivity contribution in [1.82, 2.24) is 4.98 Å². The molecule has 0 aliphatic heterocycles. The van der Waals surface area contributed by atoms with E-state index in [1.807, 2.05) is 0 Å². The maximum atomic E-state index is 3.37. The molecule has 0 atom stereocenters. The van der Waals surface area contributed by atoms with E-state index in [-0.39, 0.29) is 0 Å². The van der Waals surface area contributed by atoms with Gasteiger partial charge in [-0.1, -0.05) is 90.4 Å². The van der Waals surface area contributed by atoms with E-state index < -0.39 is 0 Å². The van der Waals surface area contributed by atoms with Gasteiger partial charge in [0.25, 0.3) is 5.82 Å². The van der Waals surface area contributed by atoms with E-state index in [2.05, 4.69) is 35.8 Å². The number of nitrogens with zero attached hydrogens (tertiary/aromatic N) is 1. The van der Waals surface area contributed by atoms with Crippen LogP contribution < -0.4 is 4.57 Å². The lowest BCUT2D eigenvalue weighted by molar-refractivity contribution is -0.699. The van der Waals surface area contributed by atoms with E-state index in [9.17, 15) is 0 Å². The van der Waals surface area contributed by atoms with Crippen molar-refractivity contribution in [1.29, 1.82) is 0 Å². The van der Waals surface area contributed by atoms with Crippen LogP contribution in [0.5, 0.6) is 0 Å². The zero-order valence-corrected chi connectivity index (χ0v) is 15.9. The molecule has 0 bridgehead atoms. The smallest absolute Gasteiger partial charge is 0.248 e. The van der Waals surface area contributed by atoms with Crippen LogP contribution in [0.25, 0.3) is 0 Å². The zero-order valence-electron chi connectivity index (χ0n) is 15.9. The Balaban J connectivity index is 1.78. The lowest BCUT2D eigenvalue weighted by Crippen LogP contribution is -2.34. The summed E-state index contributed by atoms with van der Waals surface area (Å²) in [6.45, 7) is 5.58. The van der Waals surface area contributed by atoms with Crippen molar-refractivity contribution in [2.45, 2.75) is 117 Å². The lowest BCUT2D eigenvalue weighted by atomic mass is 10.0. The summed E-state index contributed by atoms with van der Waals surface area (Å²) < 4.78 is 2.32. The molecular weight excluding hydrogens is 280 g/mol. The van der Waals surface area contributed by atoms with Gasteiger partial charge >= 0.3 is 0 Å². The van der Waals surface area contributed by atoms with Crippen molar-refractivity contribution >= 4 is 0 Å². The topological polar surface area (TPSA) is 19.7 Å². The Morgan fingerprint density at radius 1 is 0.696 bits per heavy atom. The Bertz CT molecular complexity index is 356. The fourth-order valence-electron chi connectivity index (χ4n) is 3.40. The fraction of sp³-hybridized carbons (Fsp3) is 0.857. The first-order chi connectivity index (χ1) is 11.4. The second kappa shape index (κ2) is 14.8. The summed E-state index contributed by atoms with van der Waals surface area (Å²) in [5.41, 5.74) is 0. The highest BCUT2D eigenvalue weighted by molar-refractivity contribution is 4.77. The second-order valence-electron chi connectivity index (χ2n) is 7.04. The molecule has 2 heteroatoms. The summed E-state index contributed by atoms with van der Waals surface area (Å²) in [6.07, 6.45) is 25.5. The van der Waals surface area contributed by atoms with Crippen LogP contribution >= 0.6 is 0 Å². The number of imidazole rings is 1. The maximum Gasteiger partial charge on any atom is 0.254 e. The van der Waals surface area contributed by atoms with Crippen molar-refractivity contribution in [3.8, 4) is 0 Å². The van der Waals surface area contributed by atoms with Crippen LogP contribution in [0.4, 0.5) is 0 Å². The highest BCUT2D eigenvalue weighted by atomic mass is 15.0. The Labute approximate surface area is 145 Å². The van der Waals surface area contributed by atoms with Crippen LogP contribution in [0.15, 0.2) is 12.4 Å². The van der Waals surface area contributed by atoms with Gasteiger partial charge in [0, 0.05) is 6.42 Å². The first-order valence-electron chi connectivity index (χ1n) is 10.4. The summed E-state index contributed by atoms with van der Waals surface area (Å²) in [6, 6.07) is 0. The molecule has 0 aromatic carbocycles. The molecule has 1 heterocycles. The van der Waals surface area contributed by atoms with Gasteiger partial charge in [0.15, 0.2) is 0 Å². The number of H-pyrrole nitrogens is 1. The Morgan fingerprint density at radius 2 is 1.17 bits per heavy atom. The van der Waals surface area contributed by atoms with Gasteiger partial charge < -0.3 is 0 Å². The standard InChI is InChI=1S/C21H40N2/c1-3-5-6-7-8-9-10-11-12-13-14-15-16-17-18-21-22-19-20-23(21)4-2/h19-20H,3-18H2,1-2H3/p+1. The van der Waals surface area contributed by atoms with Gasteiger partial charge in [-0.25, -0.2) is 9.55 Å². The molecule has 0 aliphatic carbocycles. The first kappa shape index (κ1) is 20.3. The van der Waals surface area contributed by atoms with Crippen molar-refractivity contribution in [3.05, 3.63) is 18.2 Å².